The van der Waals surface area contributed by atoms with E-state index in [2.05, 4.69) is 15.7 Å². The Morgan fingerprint density at radius 1 is 1.23 bits per heavy atom. The Labute approximate surface area is 136 Å². The van der Waals surface area contributed by atoms with Crippen molar-refractivity contribution in [2.45, 2.75) is 24.9 Å². The van der Waals surface area contributed by atoms with Gasteiger partial charge < -0.3 is 10.6 Å². The molecule has 0 radical (unpaired) electrons. The van der Waals surface area contributed by atoms with Crippen LogP contribution in [-0.4, -0.2) is 28.8 Å². The summed E-state index contributed by atoms with van der Waals surface area (Å²) in [6.45, 7) is 2.22. The molecule has 1 amide bonds. The number of carbonyl (C=O) groups is 1. The molecule has 2 aromatic rings. The van der Waals surface area contributed by atoms with Gasteiger partial charge in [-0.05, 0) is 37.6 Å². The van der Waals surface area contributed by atoms with E-state index >= 15 is 0 Å². The van der Waals surface area contributed by atoms with E-state index in [1.165, 1.54) is 0 Å². The molecule has 0 spiro atoms. The van der Waals surface area contributed by atoms with Crippen molar-refractivity contribution in [1.29, 1.82) is 0 Å². The number of nitrogens with zero attached hydrogens (tertiary/aromatic N) is 2. The van der Waals surface area contributed by atoms with Gasteiger partial charge in [0.25, 0.3) is 0 Å². The third-order valence-electron chi connectivity index (χ3n) is 4.09. The first-order valence-corrected chi connectivity index (χ1v) is 7.34. The number of hydrogen-bond donors (Lipinski definition) is 2. The lowest BCUT2D eigenvalue weighted by Crippen LogP contribution is -2.54. The van der Waals surface area contributed by atoms with Crippen molar-refractivity contribution in [1.82, 2.24) is 20.4 Å². The molecule has 1 aliphatic rings. The second-order valence-corrected chi connectivity index (χ2v) is 5.40. The summed E-state index contributed by atoms with van der Waals surface area (Å²) >= 11 is 0. The average Bonchev–Trinajstić information content (AvgIpc) is 3.09. The number of aromatic nitrogens is 2. The summed E-state index contributed by atoms with van der Waals surface area (Å²) < 4.78 is 1.81. The van der Waals surface area contributed by atoms with Crippen LogP contribution in [0.3, 0.4) is 0 Å². The minimum absolute atomic E-state index is 0. The van der Waals surface area contributed by atoms with Gasteiger partial charge in [-0.1, -0.05) is 30.3 Å². The number of halogens is 1. The first-order valence-electron chi connectivity index (χ1n) is 7.34. The zero-order chi connectivity index (χ0) is 14.5. The summed E-state index contributed by atoms with van der Waals surface area (Å²) in [5, 5.41) is 10.7. The van der Waals surface area contributed by atoms with E-state index in [0.717, 1.165) is 31.5 Å². The van der Waals surface area contributed by atoms with Gasteiger partial charge in [-0.15, -0.1) is 12.4 Å². The van der Waals surface area contributed by atoms with Gasteiger partial charge in [0.15, 0.2) is 0 Å². The monoisotopic (exact) mass is 320 g/mol. The average molecular weight is 321 g/mol. The molecule has 118 valence electrons. The number of nitrogens with one attached hydrogen (secondary N) is 2. The van der Waals surface area contributed by atoms with Crippen LogP contribution in [0.2, 0.25) is 0 Å². The number of rotatable bonds is 4. The summed E-state index contributed by atoms with van der Waals surface area (Å²) in [4.78, 5) is 12.8. The van der Waals surface area contributed by atoms with Gasteiger partial charge >= 0.3 is 0 Å². The first-order chi connectivity index (χ1) is 10.3. The minimum atomic E-state index is -0.566. The molecule has 1 aromatic carbocycles. The Hall–Kier alpha value is -1.85. The topological polar surface area (TPSA) is 59.0 Å². The minimum Gasteiger partial charge on any atom is -0.350 e. The van der Waals surface area contributed by atoms with Crippen LogP contribution >= 0.6 is 12.4 Å². The van der Waals surface area contributed by atoms with E-state index in [4.69, 9.17) is 0 Å². The molecule has 5 nitrogen and oxygen atoms in total. The van der Waals surface area contributed by atoms with Crippen molar-refractivity contribution < 1.29 is 4.79 Å². The van der Waals surface area contributed by atoms with E-state index < -0.39 is 5.54 Å². The van der Waals surface area contributed by atoms with Gasteiger partial charge in [0.1, 0.15) is 5.54 Å². The number of carbonyl (C=O) groups excluding carboxylic acids is 1. The highest BCUT2D eigenvalue weighted by atomic mass is 35.5. The van der Waals surface area contributed by atoms with Crippen LogP contribution in [0.15, 0.2) is 48.8 Å². The highest BCUT2D eigenvalue weighted by Gasteiger charge is 2.41. The highest BCUT2D eigenvalue weighted by Crippen LogP contribution is 2.27. The van der Waals surface area contributed by atoms with Crippen LogP contribution in [0.1, 0.15) is 18.4 Å². The quantitative estimate of drug-likeness (QED) is 0.901. The zero-order valence-corrected chi connectivity index (χ0v) is 13.2. The normalized spacial score (nSPS) is 16.5. The lowest BCUT2D eigenvalue weighted by molar-refractivity contribution is -0.132. The zero-order valence-electron chi connectivity index (χ0n) is 12.4. The van der Waals surface area contributed by atoms with E-state index in [-0.39, 0.29) is 18.3 Å². The lowest BCUT2D eigenvalue weighted by Gasteiger charge is -2.36. The molecule has 0 bridgehead atoms. The molecule has 1 aliphatic heterocycles. The molecular weight excluding hydrogens is 300 g/mol. The molecule has 2 heterocycles. The Morgan fingerprint density at radius 3 is 2.59 bits per heavy atom. The number of piperidine rings is 1. The maximum atomic E-state index is 12.8. The third-order valence-corrected chi connectivity index (χ3v) is 4.09. The van der Waals surface area contributed by atoms with Gasteiger partial charge in [0.05, 0.1) is 0 Å². The number of hydrogen-bond acceptors (Lipinski definition) is 3. The molecule has 6 heteroatoms. The van der Waals surface area contributed by atoms with Crippen molar-refractivity contribution >= 4 is 18.3 Å². The van der Waals surface area contributed by atoms with E-state index in [1.54, 1.807) is 6.20 Å². The highest BCUT2D eigenvalue weighted by molar-refractivity contribution is 5.85. The number of amides is 1. The summed E-state index contributed by atoms with van der Waals surface area (Å²) in [6, 6.07) is 11.8. The van der Waals surface area contributed by atoms with E-state index in [0.29, 0.717) is 6.54 Å². The van der Waals surface area contributed by atoms with Gasteiger partial charge in [0, 0.05) is 18.9 Å². The summed E-state index contributed by atoms with van der Waals surface area (Å²) in [6.07, 6.45) is 5.13. The molecule has 0 saturated carbocycles. The van der Waals surface area contributed by atoms with E-state index in [1.807, 2.05) is 47.3 Å². The maximum Gasteiger partial charge on any atom is 0.248 e. The smallest absolute Gasteiger partial charge is 0.248 e. The molecule has 1 saturated heterocycles. The Kier molecular flexibility index (Phi) is 5.57. The van der Waals surface area contributed by atoms with Crippen molar-refractivity contribution in [3.8, 4) is 0 Å². The molecule has 0 atom stereocenters. The van der Waals surface area contributed by atoms with Crippen LogP contribution in [0.25, 0.3) is 0 Å². The van der Waals surface area contributed by atoms with Gasteiger partial charge in [-0.2, -0.15) is 5.10 Å². The predicted octanol–water partition coefficient (Wildman–Crippen LogP) is 1.70. The van der Waals surface area contributed by atoms with Crippen LogP contribution < -0.4 is 10.6 Å². The molecule has 3 rings (SSSR count). The Morgan fingerprint density at radius 2 is 1.95 bits per heavy atom. The fraction of sp³-hybridized carbons (Fsp3) is 0.375. The molecule has 1 fully saturated rings. The molecular formula is C16H21ClN4O. The third kappa shape index (κ3) is 3.31. The predicted molar refractivity (Wildman–Crippen MR) is 87.8 cm³/mol. The fourth-order valence-corrected chi connectivity index (χ4v) is 2.87. The van der Waals surface area contributed by atoms with Crippen LogP contribution in [0.4, 0.5) is 0 Å². The maximum absolute atomic E-state index is 12.8. The van der Waals surface area contributed by atoms with Crippen molar-refractivity contribution in [3.63, 3.8) is 0 Å². The molecule has 0 aliphatic carbocycles. The molecule has 1 aromatic heterocycles. The van der Waals surface area contributed by atoms with Gasteiger partial charge in [-0.3, -0.25) is 9.48 Å². The Balaban J connectivity index is 0.00000176. The second kappa shape index (κ2) is 7.42. The molecule has 22 heavy (non-hydrogen) atoms. The van der Waals surface area contributed by atoms with Crippen LogP contribution in [0, 0.1) is 0 Å². The van der Waals surface area contributed by atoms with Gasteiger partial charge in [0.2, 0.25) is 5.91 Å². The van der Waals surface area contributed by atoms with Gasteiger partial charge in [-0.25, -0.2) is 0 Å². The van der Waals surface area contributed by atoms with Crippen molar-refractivity contribution in [3.05, 3.63) is 54.4 Å². The first kappa shape index (κ1) is 16.5. The number of benzene rings is 1. The summed E-state index contributed by atoms with van der Waals surface area (Å²) in [5.74, 6) is 0.0524. The molecule has 2 N–H and O–H groups in total. The molecule has 0 unspecified atom stereocenters. The SMILES string of the molecule is Cl.O=C(NCc1ccccc1)C1(n2cccn2)CCNCC1. The second-order valence-electron chi connectivity index (χ2n) is 5.40. The van der Waals surface area contributed by atoms with Crippen LogP contribution in [0.5, 0.6) is 0 Å². The standard InChI is InChI=1S/C16H20N4O.ClH/c21-15(18-13-14-5-2-1-3-6-14)16(7-10-17-11-8-16)20-12-4-9-19-20;/h1-6,9,12,17H,7-8,10-11,13H2,(H,18,21);1H. The van der Waals surface area contributed by atoms with Crippen molar-refractivity contribution in [2.75, 3.05) is 13.1 Å². The lowest BCUT2D eigenvalue weighted by atomic mass is 9.87. The fourth-order valence-electron chi connectivity index (χ4n) is 2.87. The largest absolute Gasteiger partial charge is 0.350 e. The summed E-state index contributed by atoms with van der Waals surface area (Å²) in [5.41, 5.74) is 0.541. The Bertz CT molecular complexity index is 579. The van der Waals surface area contributed by atoms with Crippen LogP contribution in [-0.2, 0) is 16.9 Å². The van der Waals surface area contributed by atoms with E-state index in [9.17, 15) is 4.79 Å². The summed E-state index contributed by atoms with van der Waals surface area (Å²) in [7, 11) is 0. The van der Waals surface area contributed by atoms with Crippen molar-refractivity contribution in [2.24, 2.45) is 0 Å².